The lowest BCUT2D eigenvalue weighted by Crippen LogP contribution is -2.23. The van der Waals surface area contributed by atoms with Crippen LogP contribution in [0.2, 0.25) is 0 Å². The van der Waals surface area contributed by atoms with Gasteiger partial charge in [-0.1, -0.05) is 18.5 Å². The Kier molecular flexibility index (Phi) is 4.89. The summed E-state index contributed by atoms with van der Waals surface area (Å²) < 4.78 is 4.95. The van der Waals surface area contributed by atoms with E-state index in [-0.39, 0.29) is 5.91 Å². The number of amides is 1. The number of hydrogen-bond acceptors (Lipinski definition) is 6. The van der Waals surface area contributed by atoms with Crippen molar-refractivity contribution < 1.29 is 9.32 Å². The highest BCUT2D eigenvalue weighted by Gasteiger charge is 2.10. The summed E-state index contributed by atoms with van der Waals surface area (Å²) in [7, 11) is 0. The number of nitrogens with two attached hydrogens (primary N) is 1. The van der Waals surface area contributed by atoms with Gasteiger partial charge in [0, 0.05) is 17.3 Å². The molecule has 1 amide bonds. The van der Waals surface area contributed by atoms with Gasteiger partial charge in [0.1, 0.15) is 17.3 Å². The zero-order chi connectivity index (χ0) is 15.2. The molecule has 7 heteroatoms. The minimum atomic E-state index is -0.202. The van der Waals surface area contributed by atoms with Crippen molar-refractivity contribution in [3.05, 3.63) is 40.9 Å². The zero-order valence-electron chi connectivity index (χ0n) is 12.1. The average Bonchev–Trinajstić information content (AvgIpc) is 2.90. The summed E-state index contributed by atoms with van der Waals surface area (Å²) >= 11 is 0. The summed E-state index contributed by atoms with van der Waals surface area (Å²) in [5.74, 6) is 6.37. The van der Waals surface area contributed by atoms with E-state index in [9.17, 15) is 4.79 Å². The highest BCUT2D eigenvalue weighted by molar-refractivity contribution is 5.94. The fraction of sp³-hybridized carbons (Fsp3) is 0.357. The minimum Gasteiger partial charge on any atom is -0.361 e. The van der Waals surface area contributed by atoms with E-state index in [1.165, 1.54) is 0 Å². The lowest BCUT2D eigenvalue weighted by Gasteiger charge is -2.08. The third-order valence-electron chi connectivity index (χ3n) is 2.90. The maximum absolute atomic E-state index is 12.2. The van der Waals surface area contributed by atoms with Crippen LogP contribution in [0.25, 0.3) is 0 Å². The van der Waals surface area contributed by atoms with Crippen molar-refractivity contribution >= 4 is 11.7 Å². The molecule has 0 aromatic carbocycles. The van der Waals surface area contributed by atoms with E-state index in [1.54, 1.807) is 25.1 Å². The van der Waals surface area contributed by atoms with E-state index in [0.29, 0.717) is 29.4 Å². The first-order chi connectivity index (χ1) is 10.1. The molecule has 2 aromatic rings. The van der Waals surface area contributed by atoms with Gasteiger partial charge in [0.15, 0.2) is 0 Å². The van der Waals surface area contributed by atoms with Crippen LogP contribution in [0.15, 0.2) is 22.7 Å². The molecule has 0 saturated heterocycles. The second-order valence-corrected chi connectivity index (χ2v) is 4.74. The van der Waals surface area contributed by atoms with Crippen molar-refractivity contribution in [1.29, 1.82) is 0 Å². The van der Waals surface area contributed by atoms with Crippen molar-refractivity contribution in [1.82, 2.24) is 15.5 Å². The van der Waals surface area contributed by atoms with Crippen LogP contribution in [0.4, 0.5) is 5.82 Å². The molecule has 4 N–H and O–H groups in total. The Morgan fingerprint density at radius 1 is 1.33 bits per heavy atom. The van der Waals surface area contributed by atoms with Crippen molar-refractivity contribution in [2.45, 2.75) is 33.2 Å². The van der Waals surface area contributed by atoms with E-state index in [0.717, 1.165) is 18.5 Å². The molecule has 0 aliphatic heterocycles. The first-order valence-corrected chi connectivity index (χ1v) is 6.80. The molecule has 7 nitrogen and oxygen atoms in total. The minimum absolute atomic E-state index is 0.202. The normalized spacial score (nSPS) is 10.4. The number of hydrogen-bond donors (Lipinski definition) is 3. The molecule has 2 rings (SSSR count). The average molecular weight is 289 g/mol. The van der Waals surface area contributed by atoms with Gasteiger partial charge in [-0.3, -0.25) is 4.79 Å². The first-order valence-electron chi connectivity index (χ1n) is 6.80. The van der Waals surface area contributed by atoms with Gasteiger partial charge in [-0.2, -0.15) is 0 Å². The third-order valence-corrected chi connectivity index (χ3v) is 2.90. The van der Waals surface area contributed by atoms with Crippen molar-refractivity contribution in [3.8, 4) is 0 Å². The van der Waals surface area contributed by atoms with Gasteiger partial charge in [-0.25, -0.2) is 10.8 Å². The molecule has 0 unspecified atom stereocenters. The summed E-state index contributed by atoms with van der Waals surface area (Å²) in [6.45, 7) is 4.17. The quantitative estimate of drug-likeness (QED) is 0.550. The Hall–Kier alpha value is -2.41. The number of hydrazine groups is 1. The largest absolute Gasteiger partial charge is 0.361 e. The number of rotatable bonds is 6. The SMILES string of the molecule is CCCc1cc(C(=O)NCc2cc(C)on2)cc(NN)n1. The van der Waals surface area contributed by atoms with Crippen LogP contribution in [0.3, 0.4) is 0 Å². The van der Waals surface area contributed by atoms with Crippen LogP contribution in [-0.2, 0) is 13.0 Å². The number of aryl methyl sites for hydroxylation is 2. The number of carbonyl (C=O) groups excluding carboxylic acids is 1. The standard InChI is InChI=1S/C14H19N5O2/c1-3-4-11-6-10(7-13(17-11)18-15)14(20)16-8-12-5-9(2)21-19-12/h5-7H,3-4,8,15H2,1-2H3,(H,16,20)(H,17,18). The van der Waals surface area contributed by atoms with Gasteiger partial charge in [-0.05, 0) is 25.5 Å². The predicted octanol–water partition coefficient (Wildman–Crippen LogP) is 1.55. The monoisotopic (exact) mass is 289 g/mol. The van der Waals surface area contributed by atoms with Gasteiger partial charge in [0.2, 0.25) is 0 Å². The lowest BCUT2D eigenvalue weighted by atomic mass is 10.1. The number of nitrogen functional groups attached to an aromatic ring is 1. The van der Waals surface area contributed by atoms with Crippen LogP contribution >= 0.6 is 0 Å². The Morgan fingerprint density at radius 2 is 2.14 bits per heavy atom. The van der Waals surface area contributed by atoms with Gasteiger partial charge in [0.05, 0.1) is 6.54 Å². The molecule has 0 aliphatic carbocycles. The molecule has 2 heterocycles. The Morgan fingerprint density at radius 3 is 2.76 bits per heavy atom. The second-order valence-electron chi connectivity index (χ2n) is 4.74. The van der Waals surface area contributed by atoms with E-state index in [1.807, 2.05) is 0 Å². The lowest BCUT2D eigenvalue weighted by molar-refractivity contribution is 0.0950. The van der Waals surface area contributed by atoms with E-state index in [4.69, 9.17) is 10.4 Å². The predicted molar refractivity (Wildman–Crippen MR) is 78.5 cm³/mol. The topological polar surface area (TPSA) is 106 Å². The smallest absolute Gasteiger partial charge is 0.251 e. The van der Waals surface area contributed by atoms with Crippen LogP contribution < -0.4 is 16.6 Å². The van der Waals surface area contributed by atoms with Crippen LogP contribution in [0.1, 0.15) is 40.9 Å². The van der Waals surface area contributed by atoms with Gasteiger partial charge in [-0.15, -0.1) is 0 Å². The van der Waals surface area contributed by atoms with Gasteiger partial charge >= 0.3 is 0 Å². The summed E-state index contributed by atoms with van der Waals surface area (Å²) in [4.78, 5) is 16.5. The van der Waals surface area contributed by atoms with Crippen LogP contribution in [0, 0.1) is 6.92 Å². The summed E-state index contributed by atoms with van der Waals surface area (Å²) in [5.41, 5.74) is 4.51. The molecule has 2 aromatic heterocycles. The highest BCUT2D eigenvalue weighted by atomic mass is 16.5. The number of nitrogens with one attached hydrogen (secondary N) is 2. The van der Waals surface area contributed by atoms with Crippen LogP contribution in [0.5, 0.6) is 0 Å². The molecule has 0 radical (unpaired) electrons. The van der Waals surface area contributed by atoms with Crippen molar-refractivity contribution in [2.24, 2.45) is 5.84 Å². The summed E-state index contributed by atoms with van der Waals surface area (Å²) in [6.07, 6.45) is 1.73. The van der Waals surface area contributed by atoms with Crippen LogP contribution in [-0.4, -0.2) is 16.0 Å². The molecule has 21 heavy (non-hydrogen) atoms. The Balaban J connectivity index is 2.08. The number of pyridine rings is 1. The van der Waals surface area contributed by atoms with Crippen molar-refractivity contribution in [2.75, 3.05) is 5.43 Å². The van der Waals surface area contributed by atoms with E-state index >= 15 is 0 Å². The molecule has 0 atom stereocenters. The van der Waals surface area contributed by atoms with Gasteiger partial charge in [0.25, 0.3) is 5.91 Å². The molecular weight excluding hydrogens is 270 g/mol. The summed E-state index contributed by atoms with van der Waals surface area (Å²) in [5, 5.41) is 6.62. The highest BCUT2D eigenvalue weighted by Crippen LogP contribution is 2.12. The zero-order valence-corrected chi connectivity index (χ0v) is 12.1. The molecule has 0 spiro atoms. The summed E-state index contributed by atoms with van der Waals surface area (Å²) in [6, 6.07) is 5.17. The molecule has 112 valence electrons. The number of carbonyl (C=O) groups is 1. The maximum atomic E-state index is 12.2. The molecular formula is C14H19N5O2. The second kappa shape index (κ2) is 6.85. The fourth-order valence-corrected chi connectivity index (χ4v) is 1.95. The molecule has 0 fully saturated rings. The third kappa shape index (κ3) is 4.03. The molecule has 0 saturated carbocycles. The van der Waals surface area contributed by atoms with Crippen molar-refractivity contribution in [3.63, 3.8) is 0 Å². The number of anilines is 1. The Labute approximate surface area is 122 Å². The Bertz CT molecular complexity index is 624. The van der Waals surface area contributed by atoms with E-state index in [2.05, 4.69) is 27.8 Å². The first kappa shape index (κ1) is 15.0. The number of nitrogens with zero attached hydrogens (tertiary/aromatic N) is 2. The number of aromatic nitrogens is 2. The maximum Gasteiger partial charge on any atom is 0.251 e. The molecule has 0 bridgehead atoms. The van der Waals surface area contributed by atoms with E-state index < -0.39 is 0 Å². The molecule has 0 aliphatic rings. The fourth-order valence-electron chi connectivity index (χ4n) is 1.95. The van der Waals surface area contributed by atoms with Gasteiger partial charge < -0.3 is 15.3 Å².